The molecule has 1 fully saturated rings. The van der Waals surface area contributed by atoms with Crippen LogP contribution in [0.2, 0.25) is 0 Å². The van der Waals surface area contributed by atoms with E-state index in [2.05, 4.69) is 36.1 Å². The number of rotatable bonds is 4. The third-order valence-electron chi connectivity index (χ3n) is 4.66. The van der Waals surface area contributed by atoms with Crippen molar-refractivity contribution >= 4 is 17.3 Å². The summed E-state index contributed by atoms with van der Waals surface area (Å²) in [6.07, 6.45) is 1.24. The van der Waals surface area contributed by atoms with Gasteiger partial charge in [0.2, 0.25) is 5.91 Å². The van der Waals surface area contributed by atoms with Crippen LogP contribution in [0.25, 0.3) is 0 Å². The van der Waals surface area contributed by atoms with E-state index in [1.807, 2.05) is 29.2 Å². The standard InChI is InChI=1S/C20H25N3O/c1-16-5-4-7-18(15-16)22-11-13-23(14-12-22)20(24)10-9-17-6-2-3-8-19(17)21/h2-8,15H,9-14,21H2,1H3. The number of piperazine rings is 1. The van der Waals surface area contributed by atoms with Crippen LogP contribution in [0.4, 0.5) is 11.4 Å². The number of nitrogen functional groups attached to an aromatic ring is 1. The number of anilines is 2. The quantitative estimate of drug-likeness (QED) is 0.880. The largest absolute Gasteiger partial charge is 0.399 e. The molecule has 126 valence electrons. The molecular formula is C20H25N3O. The Morgan fingerprint density at radius 1 is 1.04 bits per heavy atom. The Morgan fingerprint density at radius 3 is 2.50 bits per heavy atom. The summed E-state index contributed by atoms with van der Waals surface area (Å²) in [7, 11) is 0. The Hall–Kier alpha value is -2.49. The molecule has 24 heavy (non-hydrogen) atoms. The molecular weight excluding hydrogens is 298 g/mol. The fraction of sp³-hybridized carbons (Fsp3) is 0.350. The van der Waals surface area contributed by atoms with Gasteiger partial charge in [-0.25, -0.2) is 0 Å². The van der Waals surface area contributed by atoms with Gasteiger partial charge in [-0.15, -0.1) is 0 Å². The molecule has 2 N–H and O–H groups in total. The molecule has 0 aliphatic carbocycles. The fourth-order valence-corrected chi connectivity index (χ4v) is 3.20. The van der Waals surface area contributed by atoms with Crippen molar-refractivity contribution in [2.75, 3.05) is 36.8 Å². The van der Waals surface area contributed by atoms with E-state index in [4.69, 9.17) is 5.73 Å². The monoisotopic (exact) mass is 323 g/mol. The molecule has 0 saturated carbocycles. The summed E-state index contributed by atoms with van der Waals surface area (Å²) >= 11 is 0. The highest BCUT2D eigenvalue weighted by Crippen LogP contribution is 2.19. The maximum atomic E-state index is 12.4. The van der Waals surface area contributed by atoms with E-state index < -0.39 is 0 Å². The van der Waals surface area contributed by atoms with Crippen LogP contribution in [-0.2, 0) is 11.2 Å². The Balaban J connectivity index is 1.51. The summed E-state index contributed by atoms with van der Waals surface area (Å²) in [4.78, 5) is 16.8. The van der Waals surface area contributed by atoms with E-state index in [1.54, 1.807) is 0 Å². The number of para-hydroxylation sites is 1. The average molecular weight is 323 g/mol. The van der Waals surface area contributed by atoms with Gasteiger partial charge in [-0.2, -0.15) is 0 Å². The number of hydrogen-bond donors (Lipinski definition) is 1. The summed E-state index contributed by atoms with van der Waals surface area (Å²) in [5.41, 5.74) is 10.3. The van der Waals surface area contributed by atoms with Crippen molar-refractivity contribution in [2.24, 2.45) is 0 Å². The molecule has 0 radical (unpaired) electrons. The second-order valence-electron chi connectivity index (χ2n) is 6.41. The van der Waals surface area contributed by atoms with Crippen LogP contribution in [-0.4, -0.2) is 37.0 Å². The molecule has 1 amide bonds. The molecule has 0 bridgehead atoms. The Bertz CT molecular complexity index is 706. The SMILES string of the molecule is Cc1cccc(N2CCN(C(=O)CCc3ccccc3N)CC2)c1. The predicted octanol–water partition coefficient (Wildman–Crippen LogP) is 2.86. The van der Waals surface area contributed by atoms with Gasteiger partial charge in [0.25, 0.3) is 0 Å². The zero-order chi connectivity index (χ0) is 16.9. The van der Waals surface area contributed by atoms with Crippen LogP contribution in [0, 0.1) is 6.92 Å². The minimum Gasteiger partial charge on any atom is -0.399 e. The highest BCUT2D eigenvalue weighted by atomic mass is 16.2. The molecule has 1 aliphatic heterocycles. The van der Waals surface area contributed by atoms with Gasteiger partial charge in [-0.3, -0.25) is 4.79 Å². The first-order valence-corrected chi connectivity index (χ1v) is 8.56. The molecule has 2 aromatic carbocycles. The normalized spacial score (nSPS) is 14.7. The lowest BCUT2D eigenvalue weighted by Gasteiger charge is -2.36. The number of aryl methyl sites for hydroxylation is 2. The van der Waals surface area contributed by atoms with Gasteiger partial charge in [0.1, 0.15) is 0 Å². The molecule has 0 unspecified atom stereocenters. The number of amides is 1. The Kier molecular flexibility index (Phi) is 5.04. The molecule has 0 spiro atoms. The topological polar surface area (TPSA) is 49.6 Å². The molecule has 4 heteroatoms. The van der Waals surface area contributed by atoms with E-state index in [9.17, 15) is 4.79 Å². The first-order chi connectivity index (χ1) is 11.6. The summed E-state index contributed by atoms with van der Waals surface area (Å²) in [5.74, 6) is 0.224. The third kappa shape index (κ3) is 3.88. The van der Waals surface area contributed by atoms with Gasteiger partial charge >= 0.3 is 0 Å². The van der Waals surface area contributed by atoms with Crippen molar-refractivity contribution in [3.8, 4) is 0 Å². The van der Waals surface area contributed by atoms with Gasteiger partial charge in [-0.05, 0) is 42.7 Å². The van der Waals surface area contributed by atoms with E-state index >= 15 is 0 Å². The summed E-state index contributed by atoms with van der Waals surface area (Å²) in [5, 5.41) is 0. The molecule has 1 aliphatic rings. The summed E-state index contributed by atoms with van der Waals surface area (Å²) in [6, 6.07) is 16.3. The number of benzene rings is 2. The first-order valence-electron chi connectivity index (χ1n) is 8.56. The van der Waals surface area contributed by atoms with Crippen LogP contribution in [0.1, 0.15) is 17.5 Å². The minimum absolute atomic E-state index is 0.224. The first kappa shape index (κ1) is 16.4. The maximum Gasteiger partial charge on any atom is 0.223 e. The van der Waals surface area contributed by atoms with Crippen molar-refractivity contribution in [1.82, 2.24) is 4.90 Å². The molecule has 1 saturated heterocycles. The third-order valence-corrected chi connectivity index (χ3v) is 4.66. The van der Waals surface area contributed by atoms with Crippen molar-refractivity contribution in [3.63, 3.8) is 0 Å². The van der Waals surface area contributed by atoms with Crippen LogP contribution in [0.3, 0.4) is 0 Å². The van der Waals surface area contributed by atoms with Crippen LogP contribution in [0.15, 0.2) is 48.5 Å². The molecule has 3 rings (SSSR count). The average Bonchev–Trinajstić information content (AvgIpc) is 2.61. The Morgan fingerprint density at radius 2 is 1.79 bits per heavy atom. The molecule has 1 heterocycles. The van der Waals surface area contributed by atoms with Gasteiger partial charge < -0.3 is 15.5 Å². The number of carbonyl (C=O) groups is 1. The number of hydrogen-bond acceptors (Lipinski definition) is 3. The van der Waals surface area contributed by atoms with Gasteiger partial charge in [-0.1, -0.05) is 30.3 Å². The molecule has 2 aromatic rings. The molecule has 0 atom stereocenters. The Labute approximate surface area is 143 Å². The van der Waals surface area contributed by atoms with Crippen LogP contribution < -0.4 is 10.6 Å². The smallest absolute Gasteiger partial charge is 0.223 e. The van der Waals surface area contributed by atoms with E-state index in [1.165, 1.54) is 11.3 Å². The highest BCUT2D eigenvalue weighted by Gasteiger charge is 2.21. The van der Waals surface area contributed by atoms with Crippen molar-refractivity contribution in [2.45, 2.75) is 19.8 Å². The van der Waals surface area contributed by atoms with Crippen molar-refractivity contribution < 1.29 is 4.79 Å². The van der Waals surface area contributed by atoms with Crippen molar-refractivity contribution in [3.05, 3.63) is 59.7 Å². The summed E-state index contributed by atoms with van der Waals surface area (Å²) in [6.45, 7) is 5.47. The number of nitrogens with two attached hydrogens (primary N) is 1. The van der Waals surface area contributed by atoms with Gasteiger partial charge in [0.05, 0.1) is 0 Å². The molecule has 4 nitrogen and oxygen atoms in total. The number of nitrogens with zero attached hydrogens (tertiary/aromatic N) is 2. The van der Waals surface area contributed by atoms with E-state index in [0.29, 0.717) is 12.8 Å². The zero-order valence-electron chi connectivity index (χ0n) is 14.2. The minimum atomic E-state index is 0.224. The predicted molar refractivity (Wildman–Crippen MR) is 99.1 cm³/mol. The van der Waals surface area contributed by atoms with Crippen molar-refractivity contribution in [1.29, 1.82) is 0 Å². The summed E-state index contributed by atoms with van der Waals surface area (Å²) < 4.78 is 0. The zero-order valence-corrected chi connectivity index (χ0v) is 14.2. The highest BCUT2D eigenvalue weighted by molar-refractivity contribution is 5.77. The van der Waals surface area contributed by atoms with Crippen LogP contribution >= 0.6 is 0 Å². The lowest BCUT2D eigenvalue weighted by atomic mass is 10.1. The number of carbonyl (C=O) groups excluding carboxylic acids is 1. The lowest BCUT2D eigenvalue weighted by Crippen LogP contribution is -2.48. The van der Waals surface area contributed by atoms with E-state index in [0.717, 1.165) is 37.4 Å². The second-order valence-corrected chi connectivity index (χ2v) is 6.41. The van der Waals surface area contributed by atoms with Crippen LogP contribution in [0.5, 0.6) is 0 Å². The lowest BCUT2D eigenvalue weighted by molar-refractivity contribution is -0.131. The van der Waals surface area contributed by atoms with E-state index in [-0.39, 0.29) is 5.91 Å². The van der Waals surface area contributed by atoms with Gasteiger partial charge in [0, 0.05) is 44.0 Å². The second kappa shape index (κ2) is 7.39. The maximum absolute atomic E-state index is 12.4. The molecule has 0 aromatic heterocycles. The fourth-order valence-electron chi connectivity index (χ4n) is 3.20. The van der Waals surface area contributed by atoms with Gasteiger partial charge in [0.15, 0.2) is 0 Å².